The lowest BCUT2D eigenvalue weighted by Gasteiger charge is -2.27. The molecule has 0 aromatic carbocycles. The van der Waals surface area contributed by atoms with Crippen molar-refractivity contribution >= 4 is 5.97 Å². The van der Waals surface area contributed by atoms with E-state index in [0.29, 0.717) is 6.61 Å². The Hall–Kier alpha value is -0.610. The van der Waals surface area contributed by atoms with Crippen molar-refractivity contribution in [2.75, 3.05) is 13.7 Å². The number of carbonyl (C=O) groups excluding carboxylic acids is 1. The number of hydrogen-bond donors (Lipinski definition) is 1. The molecule has 0 spiro atoms. The maximum absolute atomic E-state index is 11.2. The maximum atomic E-state index is 11.2. The van der Waals surface area contributed by atoms with E-state index in [9.17, 15) is 4.79 Å². The maximum Gasteiger partial charge on any atom is 0.328 e. The highest BCUT2D eigenvalue weighted by Gasteiger charge is 2.36. The van der Waals surface area contributed by atoms with Gasteiger partial charge in [-0.25, -0.2) is 4.79 Å². The SMILES string of the molecule is CCOC(=O)C(C)(N)C(C)OC. The molecule has 4 nitrogen and oxygen atoms in total. The van der Waals surface area contributed by atoms with Gasteiger partial charge in [0.1, 0.15) is 5.54 Å². The monoisotopic (exact) mass is 175 g/mol. The standard InChI is InChI=1S/C8H17NO3/c1-5-12-7(10)8(3,9)6(2)11-4/h6H,5,9H2,1-4H3. The zero-order chi connectivity index (χ0) is 9.78. The van der Waals surface area contributed by atoms with E-state index < -0.39 is 11.5 Å². The largest absolute Gasteiger partial charge is 0.465 e. The highest BCUT2D eigenvalue weighted by Crippen LogP contribution is 2.11. The summed E-state index contributed by atoms with van der Waals surface area (Å²) in [4.78, 5) is 11.2. The summed E-state index contributed by atoms with van der Waals surface area (Å²) in [7, 11) is 1.51. The van der Waals surface area contributed by atoms with Crippen LogP contribution in [0.5, 0.6) is 0 Å². The van der Waals surface area contributed by atoms with E-state index in [4.69, 9.17) is 15.2 Å². The number of nitrogens with two attached hydrogens (primary N) is 1. The summed E-state index contributed by atoms with van der Waals surface area (Å²) < 4.78 is 9.74. The number of esters is 1. The molecule has 0 radical (unpaired) electrons. The van der Waals surface area contributed by atoms with Gasteiger partial charge in [0.25, 0.3) is 0 Å². The Labute approximate surface area is 73.0 Å². The molecule has 0 saturated heterocycles. The summed E-state index contributed by atoms with van der Waals surface area (Å²) in [5.74, 6) is -0.431. The molecule has 2 unspecified atom stereocenters. The van der Waals surface area contributed by atoms with Gasteiger partial charge in [-0.1, -0.05) is 0 Å². The van der Waals surface area contributed by atoms with Gasteiger partial charge >= 0.3 is 5.97 Å². The molecule has 0 aliphatic heterocycles. The van der Waals surface area contributed by atoms with Crippen molar-refractivity contribution in [3.8, 4) is 0 Å². The van der Waals surface area contributed by atoms with Crippen molar-refractivity contribution in [3.63, 3.8) is 0 Å². The van der Waals surface area contributed by atoms with Crippen molar-refractivity contribution in [1.82, 2.24) is 0 Å². The minimum absolute atomic E-state index is 0.335. The molecule has 2 atom stereocenters. The Morgan fingerprint density at radius 2 is 2.17 bits per heavy atom. The third kappa shape index (κ3) is 2.46. The third-order valence-corrected chi connectivity index (χ3v) is 1.91. The van der Waals surface area contributed by atoms with E-state index >= 15 is 0 Å². The van der Waals surface area contributed by atoms with Crippen LogP contribution in [0.4, 0.5) is 0 Å². The fraction of sp³-hybridized carbons (Fsp3) is 0.875. The summed E-state index contributed by atoms with van der Waals surface area (Å²) >= 11 is 0. The van der Waals surface area contributed by atoms with Gasteiger partial charge in [0.2, 0.25) is 0 Å². The van der Waals surface area contributed by atoms with Gasteiger partial charge in [-0.3, -0.25) is 0 Å². The molecule has 0 aliphatic carbocycles. The van der Waals surface area contributed by atoms with Crippen LogP contribution >= 0.6 is 0 Å². The second-order valence-corrected chi connectivity index (χ2v) is 2.88. The van der Waals surface area contributed by atoms with Gasteiger partial charge in [-0.15, -0.1) is 0 Å². The summed E-state index contributed by atoms with van der Waals surface area (Å²) in [6.45, 7) is 5.41. The minimum Gasteiger partial charge on any atom is -0.465 e. The van der Waals surface area contributed by atoms with Crippen LogP contribution in [0.15, 0.2) is 0 Å². The Morgan fingerprint density at radius 1 is 1.67 bits per heavy atom. The van der Waals surface area contributed by atoms with Crippen molar-refractivity contribution in [1.29, 1.82) is 0 Å². The molecule has 0 bridgehead atoms. The van der Waals surface area contributed by atoms with Gasteiger partial charge in [0.15, 0.2) is 0 Å². The molecule has 0 aliphatic rings. The molecule has 2 N–H and O–H groups in total. The first-order valence-electron chi connectivity index (χ1n) is 3.95. The normalized spacial score (nSPS) is 18.1. The summed E-state index contributed by atoms with van der Waals surface area (Å²) in [6.07, 6.45) is -0.350. The summed E-state index contributed by atoms with van der Waals surface area (Å²) in [5.41, 5.74) is 4.64. The average Bonchev–Trinajstić information content (AvgIpc) is 2.03. The first-order chi connectivity index (χ1) is 5.46. The number of rotatable bonds is 4. The van der Waals surface area contributed by atoms with Gasteiger partial charge < -0.3 is 15.2 Å². The molecular weight excluding hydrogens is 158 g/mol. The van der Waals surface area contributed by atoms with Crippen molar-refractivity contribution in [2.45, 2.75) is 32.4 Å². The Kier molecular flexibility index (Phi) is 4.20. The average molecular weight is 175 g/mol. The number of ether oxygens (including phenoxy) is 2. The fourth-order valence-corrected chi connectivity index (χ4v) is 0.697. The predicted octanol–water partition coefficient (Wildman–Crippen LogP) is 0.302. The third-order valence-electron chi connectivity index (χ3n) is 1.91. The first-order valence-corrected chi connectivity index (χ1v) is 3.95. The number of hydrogen-bond acceptors (Lipinski definition) is 4. The van der Waals surface area contributed by atoms with Gasteiger partial charge in [-0.2, -0.15) is 0 Å². The zero-order valence-electron chi connectivity index (χ0n) is 8.09. The molecular formula is C8H17NO3. The predicted molar refractivity (Wildman–Crippen MR) is 45.7 cm³/mol. The van der Waals surface area contributed by atoms with Crippen LogP contribution in [0.2, 0.25) is 0 Å². The van der Waals surface area contributed by atoms with Gasteiger partial charge in [0, 0.05) is 7.11 Å². The van der Waals surface area contributed by atoms with Crippen molar-refractivity contribution < 1.29 is 14.3 Å². The number of methoxy groups -OCH3 is 1. The van der Waals surface area contributed by atoms with Crippen LogP contribution in [-0.2, 0) is 14.3 Å². The van der Waals surface area contributed by atoms with E-state index in [1.807, 2.05) is 0 Å². The van der Waals surface area contributed by atoms with E-state index in [2.05, 4.69) is 0 Å². The molecule has 0 saturated carbocycles. The van der Waals surface area contributed by atoms with E-state index in [1.165, 1.54) is 7.11 Å². The molecule has 0 aromatic rings. The van der Waals surface area contributed by atoms with Crippen LogP contribution < -0.4 is 5.73 Å². The minimum atomic E-state index is -1.06. The molecule has 0 heterocycles. The van der Waals surface area contributed by atoms with Crippen LogP contribution in [0, 0.1) is 0 Å². The molecule has 72 valence electrons. The second kappa shape index (κ2) is 4.42. The van der Waals surface area contributed by atoms with Crippen LogP contribution in [0.1, 0.15) is 20.8 Å². The Bertz CT molecular complexity index is 156. The Balaban J connectivity index is 4.27. The van der Waals surface area contributed by atoms with Gasteiger partial charge in [0.05, 0.1) is 12.7 Å². The first kappa shape index (κ1) is 11.4. The smallest absolute Gasteiger partial charge is 0.328 e. The second-order valence-electron chi connectivity index (χ2n) is 2.88. The lowest BCUT2D eigenvalue weighted by atomic mass is 9.98. The van der Waals surface area contributed by atoms with Gasteiger partial charge in [-0.05, 0) is 20.8 Å². The molecule has 0 aromatic heterocycles. The lowest BCUT2D eigenvalue weighted by molar-refractivity contribution is -0.153. The zero-order valence-corrected chi connectivity index (χ0v) is 8.09. The summed E-state index contributed by atoms with van der Waals surface area (Å²) in [5, 5.41) is 0. The van der Waals surface area contributed by atoms with E-state index in [0.717, 1.165) is 0 Å². The van der Waals surface area contributed by atoms with E-state index in [-0.39, 0.29) is 6.10 Å². The summed E-state index contributed by atoms with van der Waals surface area (Å²) in [6, 6.07) is 0. The number of carbonyl (C=O) groups is 1. The van der Waals surface area contributed by atoms with Crippen LogP contribution in [-0.4, -0.2) is 31.3 Å². The van der Waals surface area contributed by atoms with Crippen LogP contribution in [0.3, 0.4) is 0 Å². The highest BCUT2D eigenvalue weighted by molar-refractivity contribution is 5.80. The highest BCUT2D eigenvalue weighted by atomic mass is 16.5. The van der Waals surface area contributed by atoms with Crippen molar-refractivity contribution in [2.24, 2.45) is 5.73 Å². The molecule has 0 amide bonds. The quantitative estimate of drug-likeness (QED) is 0.624. The molecule has 0 rings (SSSR count). The fourth-order valence-electron chi connectivity index (χ4n) is 0.697. The Morgan fingerprint density at radius 3 is 2.50 bits per heavy atom. The van der Waals surface area contributed by atoms with E-state index in [1.54, 1.807) is 20.8 Å². The van der Waals surface area contributed by atoms with Crippen LogP contribution in [0.25, 0.3) is 0 Å². The lowest BCUT2D eigenvalue weighted by Crippen LogP contribution is -2.55. The molecule has 0 fully saturated rings. The molecule has 4 heteroatoms. The molecule has 12 heavy (non-hydrogen) atoms. The topological polar surface area (TPSA) is 61.5 Å². The van der Waals surface area contributed by atoms with Crippen molar-refractivity contribution in [3.05, 3.63) is 0 Å².